The first kappa shape index (κ1) is 20.2. The van der Waals surface area contributed by atoms with Gasteiger partial charge in [-0.1, -0.05) is 24.3 Å². The number of hydrogen-bond donors (Lipinski definition) is 2. The van der Waals surface area contributed by atoms with Gasteiger partial charge in [0.2, 0.25) is 0 Å². The van der Waals surface area contributed by atoms with Crippen LogP contribution in [-0.4, -0.2) is 36.5 Å². The molecule has 2 rings (SSSR count). The molecule has 1 aliphatic heterocycles. The summed E-state index contributed by atoms with van der Waals surface area (Å²) in [6, 6.07) is 8.91. The fraction of sp³-hybridized carbons (Fsp3) is 0.611. The van der Waals surface area contributed by atoms with E-state index in [0.29, 0.717) is 0 Å². The van der Waals surface area contributed by atoms with Crippen molar-refractivity contribution >= 4 is 29.9 Å². The van der Waals surface area contributed by atoms with Gasteiger partial charge >= 0.3 is 0 Å². The topological polar surface area (TPSA) is 39.7 Å². The molecule has 2 N–H and O–H groups in total. The van der Waals surface area contributed by atoms with Crippen LogP contribution in [0.5, 0.6) is 0 Å². The Hall–Kier alpha value is -0.820. The predicted octanol–water partition coefficient (Wildman–Crippen LogP) is 3.36. The van der Waals surface area contributed by atoms with E-state index in [-0.39, 0.29) is 29.5 Å². The number of guanidine groups is 1. The van der Waals surface area contributed by atoms with Crippen LogP contribution in [0, 0.1) is 0 Å². The van der Waals surface area contributed by atoms with E-state index < -0.39 is 0 Å². The lowest BCUT2D eigenvalue weighted by atomic mass is 10.1. The molecule has 1 aromatic rings. The highest BCUT2D eigenvalue weighted by atomic mass is 127. The number of nitrogens with zero attached hydrogens (tertiary/aromatic N) is 2. The number of halogens is 1. The van der Waals surface area contributed by atoms with Crippen LogP contribution in [0.3, 0.4) is 0 Å². The molecule has 1 heterocycles. The Morgan fingerprint density at radius 3 is 2.17 bits per heavy atom. The van der Waals surface area contributed by atoms with E-state index in [1.54, 1.807) is 7.05 Å². The number of rotatable bonds is 4. The first-order valence-corrected chi connectivity index (χ1v) is 8.25. The van der Waals surface area contributed by atoms with Crippen molar-refractivity contribution in [3.63, 3.8) is 0 Å². The molecule has 0 bridgehead atoms. The number of likely N-dealkylation sites (tertiary alicyclic amines) is 1. The molecule has 23 heavy (non-hydrogen) atoms. The van der Waals surface area contributed by atoms with Crippen LogP contribution in [-0.2, 0) is 13.1 Å². The van der Waals surface area contributed by atoms with E-state index in [4.69, 9.17) is 0 Å². The highest BCUT2D eigenvalue weighted by Crippen LogP contribution is 2.13. The van der Waals surface area contributed by atoms with E-state index in [9.17, 15) is 0 Å². The lowest BCUT2D eigenvalue weighted by Crippen LogP contribution is -2.47. The van der Waals surface area contributed by atoms with Crippen molar-refractivity contribution in [2.75, 3.05) is 20.1 Å². The molecule has 0 atom stereocenters. The minimum atomic E-state index is 0. The van der Waals surface area contributed by atoms with Crippen LogP contribution < -0.4 is 10.6 Å². The van der Waals surface area contributed by atoms with Crippen LogP contribution in [0.15, 0.2) is 29.3 Å². The van der Waals surface area contributed by atoms with Crippen molar-refractivity contribution in [2.45, 2.75) is 52.2 Å². The molecule has 0 aliphatic carbocycles. The Balaban J connectivity index is 0.00000264. The van der Waals surface area contributed by atoms with E-state index in [1.807, 2.05) is 0 Å². The van der Waals surface area contributed by atoms with Crippen molar-refractivity contribution in [2.24, 2.45) is 4.99 Å². The van der Waals surface area contributed by atoms with Gasteiger partial charge in [-0.2, -0.15) is 0 Å². The summed E-state index contributed by atoms with van der Waals surface area (Å²) < 4.78 is 0. The fourth-order valence-corrected chi connectivity index (χ4v) is 2.68. The van der Waals surface area contributed by atoms with Crippen molar-refractivity contribution in [3.8, 4) is 0 Å². The number of nitrogens with one attached hydrogen (secondary N) is 2. The van der Waals surface area contributed by atoms with Gasteiger partial charge in [-0.25, -0.2) is 0 Å². The van der Waals surface area contributed by atoms with Crippen molar-refractivity contribution in [1.29, 1.82) is 0 Å². The molecule has 1 aliphatic rings. The smallest absolute Gasteiger partial charge is 0.191 e. The SMILES string of the molecule is CN=C(NCc1ccc(CN2CCCC2)cc1)NC(C)(C)C.I. The molecule has 0 spiro atoms. The van der Waals surface area contributed by atoms with E-state index in [1.165, 1.54) is 37.1 Å². The van der Waals surface area contributed by atoms with Crippen molar-refractivity contribution in [1.82, 2.24) is 15.5 Å². The molecule has 0 unspecified atom stereocenters. The first-order valence-electron chi connectivity index (χ1n) is 8.25. The molecular weight excluding hydrogens is 399 g/mol. The Morgan fingerprint density at radius 2 is 1.65 bits per heavy atom. The molecule has 4 nitrogen and oxygen atoms in total. The summed E-state index contributed by atoms with van der Waals surface area (Å²) in [4.78, 5) is 6.79. The summed E-state index contributed by atoms with van der Waals surface area (Å²) in [6.45, 7) is 10.8. The summed E-state index contributed by atoms with van der Waals surface area (Å²) in [5.74, 6) is 0.841. The maximum Gasteiger partial charge on any atom is 0.191 e. The van der Waals surface area contributed by atoms with E-state index in [2.05, 4.69) is 65.6 Å². The summed E-state index contributed by atoms with van der Waals surface area (Å²) >= 11 is 0. The number of hydrogen-bond acceptors (Lipinski definition) is 2. The van der Waals surface area contributed by atoms with Crippen molar-refractivity contribution < 1.29 is 0 Å². The van der Waals surface area contributed by atoms with Gasteiger partial charge in [0.25, 0.3) is 0 Å². The average Bonchev–Trinajstić information content (AvgIpc) is 2.97. The van der Waals surface area contributed by atoms with Gasteiger partial charge in [-0.3, -0.25) is 9.89 Å². The second-order valence-corrected chi connectivity index (χ2v) is 7.10. The van der Waals surface area contributed by atoms with Crippen LogP contribution in [0.2, 0.25) is 0 Å². The normalized spacial score (nSPS) is 16.1. The first-order chi connectivity index (χ1) is 10.5. The number of benzene rings is 1. The van der Waals surface area contributed by atoms with Gasteiger partial charge in [0, 0.05) is 25.7 Å². The Morgan fingerprint density at radius 1 is 1.09 bits per heavy atom. The van der Waals surface area contributed by atoms with Crippen LogP contribution in [0.4, 0.5) is 0 Å². The number of aliphatic imine (C=N–C) groups is 1. The molecule has 5 heteroatoms. The third kappa shape index (κ3) is 7.52. The second-order valence-electron chi connectivity index (χ2n) is 7.10. The zero-order chi connectivity index (χ0) is 16.0. The summed E-state index contributed by atoms with van der Waals surface area (Å²) in [5.41, 5.74) is 2.70. The quantitative estimate of drug-likeness (QED) is 0.437. The second kappa shape index (κ2) is 9.47. The molecule has 1 aromatic carbocycles. The van der Waals surface area contributed by atoms with Crippen molar-refractivity contribution in [3.05, 3.63) is 35.4 Å². The monoisotopic (exact) mass is 430 g/mol. The van der Waals surface area contributed by atoms with Gasteiger partial charge in [0.1, 0.15) is 0 Å². The van der Waals surface area contributed by atoms with Gasteiger partial charge in [0.05, 0.1) is 0 Å². The van der Waals surface area contributed by atoms with Crippen LogP contribution in [0.1, 0.15) is 44.7 Å². The maximum absolute atomic E-state index is 4.26. The minimum Gasteiger partial charge on any atom is -0.352 e. The zero-order valence-corrected chi connectivity index (χ0v) is 17.2. The minimum absolute atomic E-state index is 0. The molecule has 130 valence electrons. The average molecular weight is 430 g/mol. The summed E-state index contributed by atoms with van der Waals surface area (Å²) in [7, 11) is 1.81. The zero-order valence-electron chi connectivity index (χ0n) is 14.9. The van der Waals surface area contributed by atoms with E-state index >= 15 is 0 Å². The van der Waals surface area contributed by atoms with Crippen LogP contribution >= 0.6 is 24.0 Å². The summed E-state index contributed by atoms with van der Waals surface area (Å²) in [5, 5.41) is 6.73. The lowest BCUT2D eigenvalue weighted by molar-refractivity contribution is 0.331. The van der Waals surface area contributed by atoms with Gasteiger partial charge in [-0.15, -0.1) is 24.0 Å². The fourth-order valence-electron chi connectivity index (χ4n) is 2.68. The molecule has 0 saturated carbocycles. The third-order valence-corrected chi connectivity index (χ3v) is 3.80. The molecule has 0 aromatic heterocycles. The lowest BCUT2D eigenvalue weighted by Gasteiger charge is -2.23. The Bertz CT molecular complexity index is 485. The highest BCUT2D eigenvalue weighted by molar-refractivity contribution is 14.0. The van der Waals surface area contributed by atoms with E-state index in [0.717, 1.165) is 19.0 Å². The Labute approximate surface area is 158 Å². The molecule has 0 radical (unpaired) electrons. The molecular formula is C18H31IN4. The molecule has 0 amide bonds. The largest absolute Gasteiger partial charge is 0.352 e. The van der Waals surface area contributed by atoms with Gasteiger partial charge in [0.15, 0.2) is 5.96 Å². The highest BCUT2D eigenvalue weighted by Gasteiger charge is 2.12. The maximum atomic E-state index is 4.26. The molecule has 1 saturated heterocycles. The molecule has 1 fully saturated rings. The Kier molecular flexibility index (Phi) is 8.33. The van der Waals surface area contributed by atoms with Crippen LogP contribution in [0.25, 0.3) is 0 Å². The standard InChI is InChI=1S/C18H30N4.HI/c1-18(2,3)21-17(19-4)20-13-15-7-9-16(10-8-15)14-22-11-5-6-12-22;/h7-10H,5-6,11-14H2,1-4H3,(H2,19,20,21);1H. The summed E-state index contributed by atoms with van der Waals surface area (Å²) in [6.07, 6.45) is 2.70. The predicted molar refractivity (Wildman–Crippen MR) is 109 cm³/mol. The van der Waals surface area contributed by atoms with Gasteiger partial charge in [-0.05, 0) is 57.8 Å². The third-order valence-electron chi connectivity index (χ3n) is 3.80. The van der Waals surface area contributed by atoms with Gasteiger partial charge < -0.3 is 10.6 Å².